The van der Waals surface area contributed by atoms with E-state index < -0.39 is 0 Å². The molecule has 0 aliphatic heterocycles. The number of aryl methyl sites for hydroxylation is 1. The van der Waals surface area contributed by atoms with E-state index in [4.69, 9.17) is 0 Å². The summed E-state index contributed by atoms with van der Waals surface area (Å²) < 4.78 is 15.1. The number of thioether (sulfide) groups is 1. The molecule has 0 saturated carbocycles. The molecule has 0 unspecified atom stereocenters. The maximum Gasteiger partial charge on any atom is 0.230 e. The van der Waals surface area contributed by atoms with Gasteiger partial charge in [-0.25, -0.2) is 14.1 Å². The molecule has 0 spiro atoms. The molecule has 7 nitrogen and oxygen atoms in total. The first-order chi connectivity index (χ1) is 13.0. The lowest BCUT2D eigenvalue weighted by atomic mass is 10.1. The van der Waals surface area contributed by atoms with E-state index in [9.17, 15) is 9.18 Å². The van der Waals surface area contributed by atoms with Crippen molar-refractivity contribution in [2.75, 3.05) is 5.75 Å². The molecule has 0 aliphatic carbocycles. The second-order valence-electron chi connectivity index (χ2n) is 6.07. The van der Waals surface area contributed by atoms with Crippen LogP contribution in [0.1, 0.15) is 37.0 Å². The first-order valence-corrected chi connectivity index (χ1v) is 9.60. The summed E-state index contributed by atoms with van der Waals surface area (Å²) in [5.74, 6) is 0.586. The third kappa shape index (κ3) is 4.54. The molecule has 0 radical (unpaired) electrons. The highest BCUT2D eigenvalue weighted by Gasteiger charge is 2.17. The van der Waals surface area contributed by atoms with Gasteiger partial charge in [0.05, 0.1) is 23.7 Å². The van der Waals surface area contributed by atoms with E-state index in [1.807, 2.05) is 20.8 Å². The van der Waals surface area contributed by atoms with Crippen LogP contribution in [0.4, 0.5) is 4.39 Å². The maximum atomic E-state index is 13.5. The number of hydrogen-bond acceptors (Lipinski definition) is 5. The number of benzene rings is 1. The predicted octanol–water partition coefficient (Wildman–Crippen LogP) is 2.97. The van der Waals surface area contributed by atoms with Gasteiger partial charge in [-0.3, -0.25) is 9.89 Å². The van der Waals surface area contributed by atoms with Gasteiger partial charge in [0, 0.05) is 17.7 Å². The summed E-state index contributed by atoms with van der Waals surface area (Å²) in [6, 6.07) is 6.01. The van der Waals surface area contributed by atoms with Crippen molar-refractivity contribution >= 4 is 17.7 Å². The Hall–Kier alpha value is -2.68. The van der Waals surface area contributed by atoms with Crippen LogP contribution in [-0.2, 0) is 11.2 Å². The molecule has 2 N–H and O–H groups in total. The molecule has 0 saturated heterocycles. The lowest BCUT2D eigenvalue weighted by Crippen LogP contribution is -2.28. The molecule has 9 heteroatoms. The predicted molar refractivity (Wildman–Crippen MR) is 101 cm³/mol. The number of amides is 1. The minimum atomic E-state index is -0.319. The maximum absolute atomic E-state index is 13.5. The molecular formula is C18H21FN6OS. The van der Waals surface area contributed by atoms with Crippen LogP contribution in [0.15, 0.2) is 35.6 Å². The van der Waals surface area contributed by atoms with Gasteiger partial charge in [-0.15, -0.1) is 5.10 Å². The van der Waals surface area contributed by atoms with Crippen molar-refractivity contribution in [3.05, 3.63) is 53.4 Å². The molecule has 2 aromatic heterocycles. The summed E-state index contributed by atoms with van der Waals surface area (Å²) in [7, 11) is 0. The molecule has 3 aromatic rings. The summed E-state index contributed by atoms with van der Waals surface area (Å²) in [6.07, 6.45) is 2.46. The van der Waals surface area contributed by atoms with Gasteiger partial charge in [0.2, 0.25) is 11.1 Å². The van der Waals surface area contributed by atoms with E-state index in [-0.39, 0.29) is 23.5 Å². The van der Waals surface area contributed by atoms with Crippen LogP contribution < -0.4 is 5.32 Å². The van der Waals surface area contributed by atoms with Crippen LogP contribution >= 0.6 is 11.8 Å². The number of hydrogen-bond donors (Lipinski definition) is 2. The van der Waals surface area contributed by atoms with Crippen molar-refractivity contribution in [3.8, 4) is 5.69 Å². The van der Waals surface area contributed by atoms with Crippen molar-refractivity contribution < 1.29 is 9.18 Å². The van der Waals surface area contributed by atoms with Crippen LogP contribution in [0.5, 0.6) is 0 Å². The Labute approximate surface area is 160 Å². The third-order valence-electron chi connectivity index (χ3n) is 4.12. The molecule has 1 aromatic carbocycles. The number of carbonyl (C=O) groups excluding carboxylic acids is 1. The summed E-state index contributed by atoms with van der Waals surface area (Å²) >= 11 is 1.28. The van der Waals surface area contributed by atoms with Crippen molar-refractivity contribution in [2.24, 2.45) is 0 Å². The van der Waals surface area contributed by atoms with Crippen LogP contribution in [-0.4, -0.2) is 36.6 Å². The highest BCUT2D eigenvalue weighted by atomic mass is 32.2. The van der Waals surface area contributed by atoms with Gasteiger partial charge in [-0.05, 0) is 32.0 Å². The first kappa shape index (κ1) is 19.1. The molecule has 0 aliphatic rings. The smallest absolute Gasteiger partial charge is 0.230 e. The third-order valence-corrected chi connectivity index (χ3v) is 4.97. The fourth-order valence-electron chi connectivity index (χ4n) is 2.71. The molecule has 2 heterocycles. The molecule has 0 fully saturated rings. The lowest BCUT2D eigenvalue weighted by molar-refractivity contribution is -0.119. The first-order valence-electron chi connectivity index (χ1n) is 8.61. The minimum absolute atomic E-state index is 0.117. The fourth-order valence-corrected chi connectivity index (χ4v) is 3.34. The molecule has 1 atom stereocenters. The van der Waals surface area contributed by atoms with Crippen molar-refractivity contribution in [1.29, 1.82) is 0 Å². The number of nitrogens with zero attached hydrogens (tertiary/aromatic N) is 4. The minimum Gasteiger partial charge on any atom is -0.349 e. The standard InChI is InChI=1S/C18H21FN6OS/c1-4-16-22-18(24-23-16)27-10-17(26)21-11(2)15-9-20-25(12(15)3)14-7-5-6-13(19)8-14/h5-9,11H,4,10H2,1-3H3,(H,21,26)(H,22,23,24)/t11-/m1/s1. The van der Waals surface area contributed by atoms with Crippen molar-refractivity contribution in [1.82, 2.24) is 30.3 Å². The number of aromatic amines is 1. The topological polar surface area (TPSA) is 88.5 Å². The highest BCUT2D eigenvalue weighted by molar-refractivity contribution is 7.99. The highest BCUT2D eigenvalue weighted by Crippen LogP contribution is 2.21. The molecular weight excluding hydrogens is 367 g/mol. The van der Waals surface area contributed by atoms with Gasteiger partial charge >= 0.3 is 0 Å². The lowest BCUT2D eigenvalue weighted by Gasteiger charge is -2.14. The number of rotatable bonds is 7. The Balaban J connectivity index is 1.62. The Morgan fingerprint density at radius 3 is 2.96 bits per heavy atom. The van der Waals surface area contributed by atoms with Gasteiger partial charge in [-0.1, -0.05) is 24.8 Å². The van der Waals surface area contributed by atoms with Gasteiger partial charge in [0.1, 0.15) is 11.6 Å². The van der Waals surface area contributed by atoms with Gasteiger partial charge in [0.15, 0.2) is 0 Å². The largest absolute Gasteiger partial charge is 0.349 e. The van der Waals surface area contributed by atoms with Crippen LogP contribution in [0.3, 0.4) is 0 Å². The second-order valence-corrected chi connectivity index (χ2v) is 7.02. The van der Waals surface area contributed by atoms with E-state index in [1.165, 1.54) is 23.9 Å². The van der Waals surface area contributed by atoms with E-state index >= 15 is 0 Å². The van der Waals surface area contributed by atoms with E-state index in [1.54, 1.807) is 23.0 Å². The Kier molecular flexibility index (Phi) is 5.90. The average molecular weight is 388 g/mol. The van der Waals surface area contributed by atoms with Gasteiger partial charge in [0.25, 0.3) is 0 Å². The molecule has 142 valence electrons. The Morgan fingerprint density at radius 1 is 1.44 bits per heavy atom. The number of aromatic nitrogens is 5. The Morgan fingerprint density at radius 2 is 2.26 bits per heavy atom. The van der Waals surface area contributed by atoms with Crippen molar-refractivity contribution in [3.63, 3.8) is 0 Å². The summed E-state index contributed by atoms with van der Waals surface area (Å²) in [5, 5.41) is 14.7. The van der Waals surface area contributed by atoms with Crippen molar-refractivity contribution in [2.45, 2.75) is 38.4 Å². The molecule has 27 heavy (non-hydrogen) atoms. The zero-order valence-electron chi connectivity index (χ0n) is 15.4. The van der Waals surface area contributed by atoms with Crippen LogP contribution in [0, 0.1) is 12.7 Å². The summed E-state index contributed by atoms with van der Waals surface area (Å²) in [4.78, 5) is 16.5. The zero-order valence-corrected chi connectivity index (χ0v) is 16.2. The van der Waals surface area contributed by atoms with E-state index in [0.717, 1.165) is 23.5 Å². The van der Waals surface area contributed by atoms with Gasteiger partial charge < -0.3 is 5.32 Å². The summed E-state index contributed by atoms with van der Waals surface area (Å²) in [6.45, 7) is 5.77. The number of nitrogens with one attached hydrogen (secondary N) is 2. The molecule has 0 bridgehead atoms. The normalized spacial score (nSPS) is 12.1. The summed E-state index contributed by atoms with van der Waals surface area (Å²) in [5.41, 5.74) is 2.37. The van der Waals surface area contributed by atoms with Gasteiger partial charge in [-0.2, -0.15) is 5.10 Å². The fraction of sp³-hybridized carbons (Fsp3) is 0.333. The number of halogens is 1. The monoisotopic (exact) mass is 388 g/mol. The second kappa shape index (κ2) is 8.34. The molecule has 1 amide bonds. The quantitative estimate of drug-likeness (QED) is 0.608. The zero-order chi connectivity index (χ0) is 19.4. The van der Waals surface area contributed by atoms with E-state index in [0.29, 0.717) is 10.8 Å². The van der Waals surface area contributed by atoms with Crippen LogP contribution in [0.2, 0.25) is 0 Å². The average Bonchev–Trinajstić information content (AvgIpc) is 3.26. The van der Waals surface area contributed by atoms with E-state index in [2.05, 4.69) is 25.6 Å². The molecule has 3 rings (SSSR count). The number of H-pyrrole nitrogens is 1. The van der Waals surface area contributed by atoms with Crippen LogP contribution in [0.25, 0.3) is 5.69 Å². The Bertz CT molecular complexity index is 938. The number of carbonyl (C=O) groups is 1. The SMILES string of the molecule is CCc1nc(SCC(=O)N[C@H](C)c2cnn(-c3cccc(F)c3)c2C)n[nH]1.